The zero-order chi connectivity index (χ0) is 16.8. The molecule has 1 N–H and O–H groups in total. The summed E-state index contributed by atoms with van der Waals surface area (Å²) in [6.07, 6.45) is 5.20. The van der Waals surface area contributed by atoms with Crippen molar-refractivity contribution in [1.29, 1.82) is 0 Å². The number of rotatable bonds is 7. The third-order valence-electron chi connectivity index (χ3n) is 3.96. The van der Waals surface area contributed by atoms with E-state index in [1.54, 1.807) is 39.8 Å². The number of hydrogen-bond acceptors (Lipinski definition) is 6. The van der Waals surface area contributed by atoms with Gasteiger partial charge in [-0.1, -0.05) is 18.6 Å². The Labute approximate surface area is 131 Å². The van der Waals surface area contributed by atoms with Gasteiger partial charge in [-0.25, -0.2) is 4.89 Å². The van der Waals surface area contributed by atoms with Crippen LogP contribution < -0.4 is 0 Å². The third-order valence-corrected chi connectivity index (χ3v) is 3.96. The average molecular weight is 314 g/mol. The molecule has 0 aromatic carbocycles. The number of ether oxygens (including phenoxy) is 2. The van der Waals surface area contributed by atoms with E-state index < -0.39 is 23.0 Å². The second-order valence-electron chi connectivity index (χ2n) is 5.96. The smallest absolute Gasteiger partial charge is 0.324 e. The SMILES string of the molecule is CCOC(=O)C1(C(=O)OCC)CCCC1/C=C/C(C)(C)OO. The summed E-state index contributed by atoms with van der Waals surface area (Å²) in [5, 5.41) is 8.85. The van der Waals surface area contributed by atoms with Crippen molar-refractivity contribution in [3.05, 3.63) is 12.2 Å². The molecule has 0 aliphatic heterocycles. The van der Waals surface area contributed by atoms with Crippen LogP contribution in [0, 0.1) is 11.3 Å². The van der Waals surface area contributed by atoms with Crippen LogP contribution in [0.5, 0.6) is 0 Å². The lowest BCUT2D eigenvalue weighted by atomic mass is 9.77. The summed E-state index contributed by atoms with van der Waals surface area (Å²) >= 11 is 0. The van der Waals surface area contributed by atoms with Crippen molar-refractivity contribution in [3.8, 4) is 0 Å². The molecule has 0 radical (unpaired) electrons. The number of carbonyl (C=O) groups is 2. The number of carbonyl (C=O) groups excluding carboxylic acids is 2. The Kier molecular flexibility index (Phi) is 6.56. The Hall–Kier alpha value is -1.40. The molecule has 1 atom stereocenters. The molecule has 0 aromatic rings. The fourth-order valence-electron chi connectivity index (χ4n) is 2.78. The maximum atomic E-state index is 12.5. The predicted molar refractivity (Wildman–Crippen MR) is 80.0 cm³/mol. The van der Waals surface area contributed by atoms with E-state index in [-0.39, 0.29) is 19.1 Å². The molecule has 22 heavy (non-hydrogen) atoms. The summed E-state index contributed by atoms with van der Waals surface area (Å²) in [6, 6.07) is 0. The minimum atomic E-state index is -1.30. The van der Waals surface area contributed by atoms with Crippen LogP contribution in [0.1, 0.15) is 47.0 Å². The lowest BCUT2D eigenvalue weighted by molar-refractivity contribution is -0.297. The van der Waals surface area contributed by atoms with Crippen molar-refractivity contribution < 1.29 is 29.2 Å². The molecule has 1 rings (SSSR count). The molecule has 1 aliphatic rings. The molecular weight excluding hydrogens is 288 g/mol. The molecule has 6 nitrogen and oxygen atoms in total. The van der Waals surface area contributed by atoms with Crippen molar-refractivity contribution in [3.63, 3.8) is 0 Å². The summed E-state index contributed by atoms with van der Waals surface area (Å²) in [4.78, 5) is 29.3. The fraction of sp³-hybridized carbons (Fsp3) is 0.750. The molecule has 0 saturated heterocycles. The van der Waals surface area contributed by atoms with Crippen LogP contribution in [0.25, 0.3) is 0 Å². The standard InChI is InChI=1S/C16H26O6/c1-5-20-13(17)16(14(18)21-6-2)10-7-8-12(16)9-11-15(3,4)22-19/h9,11-12,19H,5-8,10H2,1-4H3/b11-9+. The molecule has 0 spiro atoms. The van der Waals surface area contributed by atoms with Crippen molar-refractivity contribution >= 4 is 11.9 Å². The van der Waals surface area contributed by atoms with Gasteiger partial charge in [-0.3, -0.25) is 14.8 Å². The minimum Gasteiger partial charge on any atom is -0.465 e. The van der Waals surface area contributed by atoms with Gasteiger partial charge in [0.05, 0.1) is 13.2 Å². The zero-order valence-electron chi connectivity index (χ0n) is 13.8. The first kappa shape index (κ1) is 18.6. The quantitative estimate of drug-likeness (QED) is 0.256. The highest BCUT2D eigenvalue weighted by molar-refractivity contribution is 6.01. The predicted octanol–water partition coefficient (Wildman–Crippen LogP) is 2.72. The van der Waals surface area contributed by atoms with E-state index >= 15 is 0 Å². The number of hydrogen-bond donors (Lipinski definition) is 1. The van der Waals surface area contributed by atoms with E-state index in [0.717, 1.165) is 6.42 Å². The van der Waals surface area contributed by atoms with E-state index in [9.17, 15) is 9.59 Å². The monoisotopic (exact) mass is 314 g/mol. The maximum Gasteiger partial charge on any atom is 0.324 e. The lowest BCUT2D eigenvalue weighted by Gasteiger charge is -2.29. The Morgan fingerprint density at radius 3 is 2.23 bits per heavy atom. The largest absolute Gasteiger partial charge is 0.465 e. The highest BCUT2D eigenvalue weighted by atomic mass is 17.1. The van der Waals surface area contributed by atoms with Crippen molar-refractivity contribution in [1.82, 2.24) is 0 Å². The highest BCUT2D eigenvalue weighted by Crippen LogP contribution is 2.46. The maximum absolute atomic E-state index is 12.5. The molecule has 1 unspecified atom stereocenters. The first-order chi connectivity index (χ1) is 10.3. The molecule has 1 fully saturated rings. The van der Waals surface area contributed by atoms with Crippen LogP contribution in [0.2, 0.25) is 0 Å². The molecule has 126 valence electrons. The van der Waals surface area contributed by atoms with Gasteiger partial charge in [-0.05, 0) is 40.5 Å². The summed E-state index contributed by atoms with van der Waals surface area (Å²) in [6.45, 7) is 7.19. The number of allylic oxidation sites excluding steroid dienone is 1. The molecule has 0 heterocycles. The van der Waals surface area contributed by atoms with Crippen LogP contribution in [-0.2, 0) is 24.0 Å². The number of esters is 2. The highest BCUT2D eigenvalue weighted by Gasteiger charge is 2.56. The van der Waals surface area contributed by atoms with Crippen molar-refractivity contribution in [2.45, 2.75) is 52.6 Å². The fourth-order valence-corrected chi connectivity index (χ4v) is 2.78. The van der Waals surface area contributed by atoms with Gasteiger partial charge >= 0.3 is 11.9 Å². The van der Waals surface area contributed by atoms with Crippen LogP contribution >= 0.6 is 0 Å². The van der Waals surface area contributed by atoms with E-state index in [4.69, 9.17) is 14.7 Å². The Bertz CT molecular complexity index is 408. The van der Waals surface area contributed by atoms with Gasteiger partial charge in [0.25, 0.3) is 0 Å². The Morgan fingerprint density at radius 2 is 1.77 bits per heavy atom. The van der Waals surface area contributed by atoms with Gasteiger partial charge in [0.2, 0.25) is 0 Å². The first-order valence-electron chi connectivity index (χ1n) is 7.70. The molecule has 1 aliphatic carbocycles. The van der Waals surface area contributed by atoms with Gasteiger partial charge in [0.1, 0.15) is 5.60 Å². The summed E-state index contributed by atoms with van der Waals surface area (Å²) in [5.74, 6) is -1.41. The first-order valence-corrected chi connectivity index (χ1v) is 7.70. The van der Waals surface area contributed by atoms with E-state index in [0.29, 0.717) is 12.8 Å². The normalized spacial score (nSPS) is 21.0. The molecule has 0 bridgehead atoms. The second kappa shape index (κ2) is 7.74. The van der Waals surface area contributed by atoms with E-state index in [1.807, 2.05) is 0 Å². The van der Waals surface area contributed by atoms with Crippen LogP contribution in [0.4, 0.5) is 0 Å². The molecule has 0 amide bonds. The van der Waals surface area contributed by atoms with Gasteiger partial charge < -0.3 is 9.47 Å². The van der Waals surface area contributed by atoms with E-state index in [2.05, 4.69) is 4.89 Å². The van der Waals surface area contributed by atoms with Crippen LogP contribution in [-0.4, -0.2) is 36.0 Å². The van der Waals surface area contributed by atoms with E-state index in [1.165, 1.54) is 0 Å². The van der Waals surface area contributed by atoms with Crippen molar-refractivity contribution in [2.75, 3.05) is 13.2 Å². The zero-order valence-corrected chi connectivity index (χ0v) is 13.8. The van der Waals surface area contributed by atoms with Crippen LogP contribution in [0.15, 0.2) is 12.2 Å². The summed E-state index contributed by atoms with van der Waals surface area (Å²) in [7, 11) is 0. The van der Waals surface area contributed by atoms with Gasteiger partial charge in [-0.15, -0.1) is 0 Å². The molecule has 1 saturated carbocycles. The van der Waals surface area contributed by atoms with Gasteiger partial charge in [0.15, 0.2) is 5.41 Å². The molecule has 6 heteroatoms. The lowest BCUT2D eigenvalue weighted by Crippen LogP contribution is -2.44. The van der Waals surface area contributed by atoms with Crippen LogP contribution in [0.3, 0.4) is 0 Å². The van der Waals surface area contributed by atoms with Crippen molar-refractivity contribution in [2.24, 2.45) is 11.3 Å². The Morgan fingerprint density at radius 1 is 1.23 bits per heavy atom. The minimum absolute atomic E-state index is 0.210. The topological polar surface area (TPSA) is 82.1 Å². The summed E-state index contributed by atoms with van der Waals surface area (Å²) < 4.78 is 10.3. The molecule has 0 aromatic heterocycles. The average Bonchev–Trinajstić information content (AvgIpc) is 2.91. The third kappa shape index (κ3) is 3.87. The Balaban J connectivity index is 3.12. The second-order valence-corrected chi connectivity index (χ2v) is 5.96. The van der Waals surface area contributed by atoms with Gasteiger partial charge in [-0.2, -0.15) is 0 Å². The molecular formula is C16H26O6. The summed E-state index contributed by atoms with van der Waals surface area (Å²) in [5.41, 5.74) is -2.19. The van der Waals surface area contributed by atoms with Gasteiger partial charge in [0, 0.05) is 5.92 Å².